The van der Waals surface area contributed by atoms with Crippen molar-refractivity contribution in [2.75, 3.05) is 6.26 Å². The van der Waals surface area contributed by atoms with Gasteiger partial charge < -0.3 is 0 Å². The molecule has 98 valence electrons. The van der Waals surface area contributed by atoms with Gasteiger partial charge in [-0.1, -0.05) is 25.2 Å². The smallest absolute Gasteiger partial charge is 0.186 e. The molecule has 0 saturated carbocycles. The van der Waals surface area contributed by atoms with E-state index in [4.69, 9.17) is 0 Å². The van der Waals surface area contributed by atoms with Crippen LogP contribution in [0.1, 0.15) is 25.6 Å². The lowest BCUT2D eigenvalue weighted by Crippen LogP contribution is -1.92. The molecule has 18 heavy (non-hydrogen) atoms. The Kier molecular flexibility index (Phi) is 3.74. The standard InChI is InChI=1S/C9H12N4O2S3/c1-6(2)8-11-5-13(12-8)17-9-10-4-7(16-9)18(3,14)15/h4-6H,1-3H3. The van der Waals surface area contributed by atoms with Gasteiger partial charge in [0.2, 0.25) is 0 Å². The first-order chi connectivity index (χ1) is 8.36. The van der Waals surface area contributed by atoms with Crippen molar-refractivity contribution >= 4 is 33.1 Å². The minimum atomic E-state index is -3.19. The van der Waals surface area contributed by atoms with E-state index >= 15 is 0 Å². The second-order valence-corrected chi connectivity index (χ2v) is 8.44. The van der Waals surface area contributed by atoms with Crippen molar-refractivity contribution in [2.45, 2.75) is 28.3 Å². The van der Waals surface area contributed by atoms with Crippen molar-refractivity contribution < 1.29 is 8.42 Å². The van der Waals surface area contributed by atoms with Crippen molar-refractivity contribution in [2.24, 2.45) is 0 Å². The quantitative estimate of drug-likeness (QED) is 0.857. The van der Waals surface area contributed by atoms with Gasteiger partial charge in [-0.05, 0) is 0 Å². The Morgan fingerprint density at radius 1 is 1.39 bits per heavy atom. The zero-order chi connectivity index (χ0) is 13.3. The van der Waals surface area contributed by atoms with E-state index in [-0.39, 0.29) is 10.1 Å². The van der Waals surface area contributed by atoms with Crippen molar-refractivity contribution in [1.29, 1.82) is 0 Å². The summed E-state index contributed by atoms with van der Waals surface area (Å²) in [5, 5.41) is 4.26. The molecule has 2 aromatic heterocycles. The van der Waals surface area contributed by atoms with Crippen LogP contribution in [0.15, 0.2) is 21.1 Å². The molecule has 6 nitrogen and oxygen atoms in total. The van der Waals surface area contributed by atoms with Gasteiger partial charge in [-0.25, -0.2) is 18.4 Å². The van der Waals surface area contributed by atoms with Crippen molar-refractivity contribution in [3.63, 3.8) is 0 Å². The van der Waals surface area contributed by atoms with Crippen LogP contribution in [0.3, 0.4) is 0 Å². The van der Waals surface area contributed by atoms with Gasteiger partial charge >= 0.3 is 0 Å². The molecule has 0 unspecified atom stereocenters. The molecule has 0 aliphatic heterocycles. The van der Waals surface area contributed by atoms with Gasteiger partial charge in [-0.2, -0.15) is 4.09 Å². The van der Waals surface area contributed by atoms with Gasteiger partial charge in [0, 0.05) is 24.1 Å². The second kappa shape index (κ2) is 4.98. The lowest BCUT2D eigenvalue weighted by molar-refractivity contribution is 0.603. The van der Waals surface area contributed by atoms with Crippen LogP contribution in [-0.4, -0.2) is 33.8 Å². The highest BCUT2D eigenvalue weighted by molar-refractivity contribution is 8.00. The molecule has 2 rings (SSSR count). The zero-order valence-electron chi connectivity index (χ0n) is 10.1. The third kappa shape index (κ3) is 3.09. The third-order valence-electron chi connectivity index (χ3n) is 2.01. The first-order valence-corrected chi connectivity index (χ1v) is 8.60. The van der Waals surface area contributed by atoms with Crippen molar-refractivity contribution in [1.82, 2.24) is 19.2 Å². The predicted molar refractivity (Wildman–Crippen MR) is 70.6 cm³/mol. The topological polar surface area (TPSA) is 77.7 Å². The van der Waals surface area contributed by atoms with Crippen LogP contribution in [-0.2, 0) is 9.84 Å². The summed E-state index contributed by atoms with van der Waals surface area (Å²) in [5.74, 6) is 1.01. The first kappa shape index (κ1) is 13.5. The van der Waals surface area contributed by atoms with Crippen LogP contribution in [0.25, 0.3) is 0 Å². The van der Waals surface area contributed by atoms with Gasteiger partial charge in [0.1, 0.15) is 10.5 Å². The largest absolute Gasteiger partial charge is 0.235 e. The molecule has 0 N–H and O–H groups in total. The number of thiazole rings is 1. The molecule has 0 radical (unpaired) electrons. The van der Waals surface area contributed by atoms with E-state index in [9.17, 15) is 8.42 Å². The molecule has 0 amide bonds. The number of hydrogen-bond acceptors (Lipinski definition) is 7. The monoisotopic (exact) mass is 304 g/mol. The molecule has 0 fully saturated rings. The minimum absolute atomic E-state index is 0.259. The third-order valence-corrected chi connectivity index (χ3v) is 5.69. The van der Waals surface area contributed by atoms with Crippen LogP contribution in [0.2, 0.25) is 0 Å². The molecule has 0 atom stereocenters. The number of hydrogen-bond donors (Lipinski definition) is 0. The Balaban J connectivity index is 2.16. The minimum Gasteiger partial charge on any atom is -0.235 e. The zero-order valence-corrected chi connectivity index (χ0v) is 12.5. The maximum atomic E-state index is 11.3. The molecule has 2 heterocycles. The fourth-order valence-corrected chi connectivity index (χ4v) is 3.86. The van der Waals surface area contributed by atoms with Crippen molar-refractivity contribution in [3.05, 3.63) is 18.3 Å². The van der Waals surface area contributed by atoms with Gasteiger partial charge in [-0.3, -0.25) is 0 Å². The summed E-state index contributed by atoms with van der Waals surface area (Å²) in [4.78, 5) is 8.20. The SMILES string of the molecule is CC(C)c1ncn(Sc2ncc(S(C)(=O)=O)s2)n1. The van der Waals surface area contributed by atoms with Crippen molar-refractivity contribution in [3.8, 4) is 0 Å². The van der Waals surface area contributed by atoms with Gasteiger partial charge in [-0.15, -0.1) is 5.10 Å². The summed E-state index contributed by atoms with van der Waals surface area (Å²) < 4.78 is 25.1. The Hall–Kier alpha value is -0.930. The number of sulfone groups is 1. The maximum Gasteiger partial charge on any atom is 0.186 e. The summed E-state index contributed by atoms with van der Waals surface area (Å²) >= 11 is 2.38. The Labute approximate surface area is 114 Å². The molecular formula is C9H12N4O2S3. The summed E-state index contributed by atoms with van der Waals surface area (Å²) in [6.45, 7) is 4.02. The van der Waals surface area contributed by atoms with E-state index in [2.05, 4.69) is 15.1 Å². The number of aromatic nitrogens is 4. The molecule has 0 spiro atoms. The van der Waals surface area contributed by atoms with E-state index in [0.29, 0.717) is 4.34 Å². The van der Waals surface area contributed by atoms with Crippen LogP contribution in [0.4, 0.5) is 0 Å². The molecule has 0 aliphatic rings. The van der Waals surface area contributed by atoms with E-state index in [1.807, 2.05) is 13.8 Å². The predicted octanol–water partition coefficient (Wildman–Crippen LogP) is 1.82. The van der Waals surface area contributed by atoms with E-state index in [1.54, 1.807) is 10.4 Å². The van der Waals surface area contributed by atoms with Crippen LogP contribution in [0, 0.1) is 0 Å². The molecule has 9 heteroatoms. The number of nitrogens with zero attached hydrogens (tertiary/aromatic N) is 4. The van der Waals surface area contributed by atoms with Crippen LogP contribution >= 0.6 is 23.3 Å². The fourth-order valence-electron chi connectivity index (χ4n) is 1.11. The molecule has 0 bridgehead atoms. The summed E-state index contributed by atoms with van der Waals surface area (Å²) in [6.07, 6.45) is 4.13. The second-order valence-electron chi connectivity index (χ2n) is 3.97. The van der Waals surface area contributed by atoms with E-state index in [0.717, 1.165) is 17.2 Å². The van der Waals surface area contributed by atoms with Crippen LogP contribution in [0.5, 0.6) is 0 Å². The Morgan fingerprint density at radius 3 is 2.61 bits per heavy atom. The first-order valence-electron chi connectivity index (χ1n) is 5.12. The molecule has 0 saturated heterocycles. The fraction of sp³-hybridized carbons (Fsp3) is 0.444. The molecular weight excluding hydrogens is 292 g/mol. The summed E-state index contributed by atoms with van der Waals surface area (Å²) in [7, 11) is -3.19. The number of rotatable bonds is 4. The van der Waals surface area contributed by atoms with Gasteiger partial charge in [0.15, 0.2) is 20.0 Å². The highest BCUT2D eigenvalue weighted by Gasteiger charge is 2.13. The Morgan fingerprint density at radius 2 is 2.11 bits per heavy atom. The summed E-state index contributed by atoms with van der Waals surface area (Å²) in [5.41, 5.74) is 0. The Bertz CT molecular complexity index is 644. The normalized spacial score (nSPS) is 12.2. The van der Waals surface area contributed by atoms with Crippen LogP contribution < -0.4 is 0 Å². The van der Waals surface area contributed by atoms with E-state index in [1.165, 1.54) is 24.4 Å². The van der Waals surface area contributed by atoms with E-state index < -0.39 is 9.84 Å². The highest BCUT2D eigenvalue weighted by atomic mass is 32.2. The maximum absolute atomic E-state index is 11.3. The molecule has 0 aliphatic carbocycles. The lowest BCUT2D eigenvalue weighted by Gasteiger charge is -1.96. The lowest BCUT2D eigenvalue weighted by atomic mass is 10.2. The molecule has 0 aromatic carbocycles. The average Bonchev–Trinajstić information content (AvgIpc) is 2.85. The highest BCUT2D eigenvalue weighted by Crippen LogP contribution is 2.27. The summed E-state index contributed by atoms with van der Waals surface area (Å²) in [6, 6.07) is 0. The average molecular weight is 304 g/mol. The van der Waals surface area contributed by atoms with Gasteiger partial charge in [0.25, 0.3) is 0 Å². The molecule has 2 aromatic rings. The van der Waals surface area contributed by atoms with Gasteiger partial charge in [0.05, 0.1) is 6.20 Å².